The third kappa shape index (κ3) is 2.91. The molecule has 0 atom stereocenters. The first-order chi connectivity index (χ1) is 11.1. The second kappa shape index (κ2) is 5.92. The molecule has 0 aliphatic rings. The number of fused-ring (bicyclic) bond motifs is 1. The van der Waals surface area contributed by atoms with E-state index in [0.717, 1.165) is 27.7 Å². The van der Waals surface area contributed by atoms with Crippen molar-refractivity contribution in [3.05, 3.63) is 59.9 Å². The molecule has 23 heavy (non-hydrogen) atoms. The molecule has 116 valence electrons. The Kier molecular flexibility index (Phi) is 3.80. The Morgan fingerprint density at radius 2 is 1.70 bits per heavy atom. The predicted octanol–water partition coefficient (Wildman–Crippen LogP) is 2.97. The number of nitrogens with two attached hydrogens (primary N) is 2. The number of para-hydroxylation sites is 1. The highest BCUT2D eigenvalue weighted by Gasteiger charge is 2.15. The zero-order valence-electron chi connectivity index (χ0n) is 12.5. The van der Waals surface area contributed by atoms with Gasteiger partial charge in [0, 0.05) is 16.5 Å². The van der Waals surface area contributed by atoms with Gasteiger partial charge in [0.15, 0.2) is 0 Å². The summed E-state index contributed by atoms with van der Waals surface area (Å²) >= 11 is 0. The van der Waals surface area contributed by atoms with Crippen LogP contribution in [0.25, 0.3) is 22.2 Å². The van der Waals surface area contributed by atoms with Crippen molar-refractivity contribution < 1.29 is 4.39 Å². The van der Waals surface area contributed by atoms with Crippen molar-refractivity contribution in [2.24, 2.45) is 21.7 Å². The highest BCUT2D eigenvalue weighted by atomic mass is 19.1. The SMILES string of the molecule is C/C(=N/N=C(N)N)c1c(-c2ccc(F)cc2)[nH]c2ccccc12. The lowest BCUT2D eigenvalue weighted by Gasteiger charge is -2.04. The third-order valence-corrected chi connectivity index (χ3v) is 3.52. The molecular formula is C17H16FN5. The first kappa shape index (κ1) is 14.8. The van der Waals surface area contributed by atoms with Crippen LogP contribution in [0.5, 0.6) is 0 Å². The Morgan fingerprint density at radius 3 is 2.39 bits per heavy atom. The van der Waals surface area contributed by atoms with Crippen LogP contribution in [0.3, 0.4) is 0 Å². The zero-order chi connectivity index (χ0) is 16.4. The van der Waals surface area contributed by atoms with E-state index in [0.29, 0.717) is 5.71 Å². The first-order valence-corrected chi connectivity index (χ1v) is 7.06. The van der Waals surface area contributed by atoms with Crippen molar-refractivity contribution in [3.8, 4) is 11.3 Å². The Balaban J connectivity index is 2.25. The molecule has 0 unspecified atom stereocenters. The fourth-order valence-electron chi connectivity index (χ4n) is 2.53. The zero-order valence-corrected chi connectivity index (χ0v) is 12.5. The van der Waals surface area contributed by atoms with Gasteiger partial charge in [0.1, 0.15) is 5.82 Å². The number of halogens is 1. The summed E-state index contributed by atoms with van der Waals surface area (Å²) in [7, 11) is 0. The van der Waals surface area contributed by atoms with Gasteiger partial charge in [0.2, 0.25) is 5.96 Å². The molecule has 3 rings (SSSR count). The van der Waals surface area contributed by atoms with Crippen LogP contribution in [0.1, 0.15) is 12.5 Å². The molecule has 0 saturated carbocycles. The van der Waals surface area contributed by atoms with Crippen molar-refractivity contribution >= 4 is 22.6 Å². The Labute approximate surface area is 132 Å². The number of rotatable bonds is 3. The number of nitrogens with one attached hydrogen (secondary N) is 1. The van der Waals surface area contributed by atoms with Crippen molar-refractivity contribution in [1.82, 2.24) is 4.98 Å². The molecule has 0 saturated heterocycles. The van der Waals surface area contributed by atoms with E-state index in [1.54, 1.807) is 12.1 Å². The molecule has 5 N–H and O–H groups in total. The van der Waals surface area contributed by atoms with Crippen LogP contribution in [0.4, 0.5) is 4.39 Å². The molecule has 0 aliphatic carbocycles. The van der Waals surface area contributed by atoms with Crippen LogP contribution in [0, 0.1) is 5.82 Å². The average molecular weight is 309 g/mol. The maximum absolute atomic E-state index is 13.2. The molecular weight excluding hydrogens is 293 g/mol. The Hall–Kier alpha value is -3.15. The molecule has 0 radical (unpaired) electrons. The van der Waals surface area contributed by atoms with E-state index < -0.39 is 0 Å². The molecule has 0 spiro atoms. The minimum absolute atomic E-state index is 0.104. The molecule has 0 bridgehead atoms. The second-order valence-electron chi connectivity index (χ2n) is 5.14. The van der Waals surface area contributed by atoms with Gasteiger partial charge in [-0.2, -0.15) is 5.10 Å². The number of H-pyrrole nitrogens is 1. The molecule has 1 aromatic heterocycles. The minimum Gasteiger partial charge on any atom is -0.369 e. The van der Waals surface area contributed by atoms with Gasteiger partial charge in [-0.15, -0.1) is 5.10 Å². The number of hydrogen-bond acceptors (Lipinski definition) is 2. The summed E-state index contributed by atoms with van der Waals surface area (Å²) < 4.78 is 13.2. The Bertz CT molecular complexity index is 902. The van der Waals surface area contributed by atoms with E-state index in [-0.39, 0.29) is 11.8 Å². The van der Waals surface area contributed by atoms with Gasteiger partial charge in [0.25, 0.3) is 0 Å². The predicted molar refractivity (Wildman–Crippen MR) is 91.7 cm³/mol. The van der Waals surface area contributed by atoms with Crippen LogP contribution in [-0.4, -0.2) is 16.7 Å². The van der Waals surface area contributed by atoms with E-state index >= 15 is 0 Å². The van der Waals surface area contributed by atoms with Gasteiger partial charge >= 0.3 is 0 Å². The molecule has 1 heterocycles. The number of benzene rings is 2. The van der Waals surface area contributed by atoms with Crippen LogP contribution in [-0.2, 0) is 0 Å². The summed E-state index contributed by atoms with van der Waals surface area (Å²) in [6, 6.07) is 14.1. The lowest BCUT2D eigenvalue weighted by atomic mass is 10.0. The van der Waals surface area contributed by atoms with Gasteiger partial charge in [-0.3, -0.25) is 0 Å². The normalized spacial score (nSPS) is 11.7. The maximum Gasteiger partial charge on any atom is 0.211 e. The van der Waals surface area contributed by atoms with E-state index in [1.165, 1.54) is 12.1 Å². The summed E-state index contributed by atoms with van der Waals surface area (Å²) in [5.41, 5.74) is 14.9. The van der Waals surface area contributed by atoms with Crippen molar-refractivity contribution in [2.75, 3.05) is 0 Å². The molecule has 5 nitrogen and oxygen atoms in total. The molecule has 2 aromatic carbocycles. The van der Waals surface area contributed by atoms with E-state index in [4.69, 9.17) is 11.5 Å². The fraction of sp³-hybridized carbons (Fsp3) is 0.0588. The van der Waals surface area contributed by atoms with Crippen molar-refractivity contribution in [3.63, 3.8) is 0 Å². The molecule has 0 fully saturated rings. The second-order valence-corrected chi connectivity index (χ2v) is 5.14. The fourth-order valence-corrected chi connectivity index (χ4v) is 2.53. The highest BCUT2D eigenvalue weighted by Crippen LogP contribution is 2.31. The monoisotopic (exact) mass is 309 g/mol. The number of aromatic amines is 1. The lowest BCUT2D eigenvalue weighted by Crippen LogP contribution is -2.22. The van der Waals surface area contributed by atoms with Gasteiger partial charge in [-0.05, 0) is 42.8 Å². The average Bonchev–Trinajstić information content (AvgIpc) is 2.92. The lowest BCUT2D eigenvalue weighted by molar-refractivity contribution is 0.628. The van der Waals surface area contributed by atoms with Crippen LogP contribution >= 0.6 is 0 Å². The van der Waals surface area contributed by atoms with Crippen LogP contribution < -0.4 is 11.5 Å². The Morgan fingerprint density at radius 1 is 1.00 bits per heavy atom. The van der Waals surface area contributed by atoms with Crippen LogP contribution in [0.2, 0.25) is 0 Å². The topological polar surface area (TPSA) is 92.5 Å². The summed E-state index contributed by atoms with van der Waals surface area (Å²) in [6.07, 6.45) is 0. The van der Waals surface area contributed by atoms with Gasteiger partial charge < -0.3 is 16.5 Å². The summed E-state index contributed by atoms with van der Waals surface area (Å²) in [5, 5.41) is 8.80. The quantitative estimate of drug-likeness (QED) is 0.394. The van der Waals surface area contributed by atoms with Gasteiger partial charge in [-0.1, -0.05) is 18.2 Å². The highest BCUT2D eigenvalue weighted by molar-refractivity contribution is 6.14. The summed E-state index contributed by atoms with van der Waals surface area (Å²) in [4.78, 5) is 3.35. The summed E-state index contributed by atoms with van der Waals surface area (Å²) in [6.45, 7) is 1.83. The number of nitrogens with zero attached hydrogens (tertiary/aromatic N) is 2. The number of hydrogen-bond donors (Lipinski definition) is 3. The number of guanidine groups is 1. The van der Waals surface area contributed by atoms with Gasteiger partial charge in [0.05, 0.1) is 11.4 Å². The molecule has 0 amide bonds. The van der Waals surface area contributed by atoms with Gasteiger partial charge in [-0.25, -0.2) is 4.39 Å². The third-order valence-electron chi connectivity index (χ3n) is 3.52. The van der Waals surface area contributed by atoms with E-state index in [2.05, 4.69) is 15.2 Å². The van der Waals surface area contributed by atoms with E-state index in [9.17, 15) is 4.39 Å². The maximum atomic E-state index is 13.2. The van der Waals surface area contributed by atoms with Crippen LogP contribution in [0.15, 0.2) is 58.7 Å². The van der Waals surface area contributed by atoms with Crippen molar-refractivity contribution in [1.29, 1.82) is 0 Å². The minimum atomic E-state index is -0.280. The summed E-state index contributed by atoms with van der Waals surface area (Å²) in [5.74, 6) is -0.384. The molecule has 0 aliphatic heterocycles. The largest absolute Gasteiger partial charge is 0.369 e. The standard InChI is InChI=1S/C17H16FN5/c1-10(22-23-17(19)20)15-13-4-2-3-5-14(13)21-16(15)11-6-8-12(18)9-7-11/h2-9,21H,1H3,(H4,19,20,23)/b22-10-. The molecule has 6 heteroatoms. The van der Waals surface area contributed by atoms with Crippen molar-refractivity contribution in [2.45, 2.75) is 6.92 Å². The first-order valence-electron chi connectivity index (χ1n) is 7.06. The number of aromatic nitrogens is 1. The van der Waals surface area contributed by atoms with E-state index in [1.807, 2.05) is 31.2 Å². The molecule has 3 aromatic rings. The smallest absolute Gasteiger partial charge is 0.211 e.